The number of carbonyl (C=O) groups excluding carboxylic acids is 1. The first-order valence-electron chi connectivity index (χ1n) is 9.78. The lowest BCUT2D eigenvalue weighted by Gasteiger charge is -2.12. The molecule has 1 aromatic heterocycles. The largest absolute Gasteiger partial charge is 0.467 e. The van der Waals surface area contributed by atoms with Crippen LogP contribution in [-0.4, -0.2) is 37.7 Å². The number of hydrogen-bond donors (Lipinski definition) is 3. The third-order valence-electron chi connectivity index (χ3n) is 4.48. The summed E-state index contributed by atoms with van der Waals surface area (Å²) in [5.74, 6) is 1.46. The molecule has 7 nitrogen and oxygen atoms in total. The smallest absolute Gasteiger partial charge is 0.251 e. The van der Waals surface area contributed by atoms with Crippen LogP contribution in [0.3, 0.4) is 0 Å². The first kappa shape index (κ1) is 19.9. The first-order chi connectivity index (χ1) is 13.7. The van der Waals surface area contributed by atoms with Crippen LogP contribution >= 0.6 is 0 Å². The van der Waals surface area contributed by atoms with Gasteiger partial charge in [0.25, 0.3) is 5.91 Å². The van der Waals surface area contributed by atoms with Crippen LogP contribution in [0, 0.1) is 0 Å². The number of nitrogens with one attached hydrogen (secondary N) is 3. The summed E-state index contributed by atoms with van der Waals surface area (Å²) in [4.78, 5) is 17.0. The van der Waals surface area contributed by atoms with Crippen molar-refractivity contribution in [2.75, 3.05) is 19.7 Å². The van der Waals surface area contributed by atoms with Crippen LogP contribution in [0.5, 0.6) is 0 Å². The van der Waals surface area contributed by atoms with Crippen LogP contribution in [0.15, 0.2) is 52.1 Å². The van der Waals surface area contributed by atoms with Crippen LogP contribution in [0.1, 0.15) is 41.4 Å². The zero-order chi connectivity index (χ0) is 19.6. The van der Waals surface area contributed by atoms with E-state index in [1.807, 2.05) is 43.3 Å². The lowest BCUT2D eigenvalue weighted by molar-refractivity contribution is 0.0857. The second-order valence-corrected chi connectivity index (χ2v) is 6.67. The van der Waals surface area contributed by atoms with Gasteiger partial charge in [-0.2, -0.15) is 0 Å². The van der Waals surface area contributed by atoms with Crippen molar-refractivity contribution in [3.8, 4) is 0 Å². The highest BCUT2D eigenvalue weighted by atomic mass is 16.5. The summed E-state index contributed by atoms with van der Waals surface area (Å²) < 4.78 is 10.9. The number of guanidine groups is 1. The molecular formula is C21H28N4O3. The number of nitrogens with zero attached hydrogens (tertiary/aromatic N) is 1. The molecule has 1 aromatic carbocycles. The summed E-state index contributed by atoms with van der Waals surface area (Å²) in [7, 11) is 0. The molecule has 0 spiro atoms. The molecule has 150 valence electrons. The average molecular weight is 384 g/mol. The van der Waals surface area contributed by atoms with E-state index in [9.17, 15) is 4.79 Å². The summed E-state index contributed by atoms with van der Waals surface area (Å²) in [5.41, 5.74) is 1.61. The number of amides is 1. The van der Waals surface area contributed by atoms with E-state index in [0.717, 1.165) is 37.3 Å². The molecule has 1 atom stereocenters. The number of hydrogen-bond acceptors (Lipinski definition) is 4. The SMILES string of the molecule is CCNC(=NCc1cccc(C(=O)NCC2CCCO2)c1)NCc1ccco1. The van der Waals surface area contributed by atoms with E-state index in [-0.39, 0.29) is 12.0 Å². The summed E-state index contributed by atoms with van der Waals surface area (Å²) in [6.07, 6.45) is 3.86. The zero-order valence-electron chi connectivity index (χ0n) is 16.2. The minimum absolute atomic E-state index is 0.0795. The Bertz CT molecular complexity index is 768. The highest BCUT2D eigenvalue weighted by Crippen LogP contribution is 2.11. The van der Waals surface area contributed by atoms with E-state index in [2.05, 4.69) is 20.9 Å². The number of carbonyl (C=O) groups is 1. The summed E-state index contributed by atoms with van der Waals surface area (Å²) in [6.45, 7) is 5.15. The maximum absolute atomic E-state index is 12.4. The van der Waals surface area contributed by atoms with Crippen LogP contribution in [0.25, 0.3) is 0 Å². The molecule has 0 radical (unpaired) electrons. The second kappa shape index (κ2) is 10.5. The normalized spacial score (nSPS) is 16.8. The van der Waals surface area contributed by atoms with Gasteiger partial charge in [-0.25, -0.2) is 4.99 Å². The van der Waals surface area contributed by atoms with E-state index in [4.69, 9.17) is 9.15 Å². The maximum atomic E-state index is 12.4. The van der Waals surface area contributed by atoms with E-state index in [1.54, 1.807) is 6.26 Å². The summed E-state index contributed by atoms with van der Waals surface area (Å²) in [5, 5.41) is 9.40. The fourth-order valence-corrected chi connectivity index (χ4v) is 3.02. The van der Waals surface area contributed by atoms with Gasteiger partial charge in [0.2, 0.25) is 0 Å². The Morgan fingerprint density at radius 3 is 2.89 bits per heavy atom. The van der Waals surface area contributed by atoms with Gasteiger partial charge in [0.15, 0.2) is 5.96 Å². The Morgan fingerprint density at radius 2 is 2.14 bits per heavy atom. The van der Waals surface area contributed by atoms with Crippen molar-refractivity contribution < 1.29 is 13.9 Å². The topological polar surface area (TPSA) is 87.9 Å². The van der Waals surface area contributed by atoms with Gasteiger partial charge < -0.3 is 25.1 Å². The lowest BCUT2D eigenvalue weighted by atomic mass is 10.1. The standard InChI is InChI=1S/C21H28N4O3/c1-2-22-21(25-15-19-9-5-11-28-19)24-13-16-6-3-7-17(12-16)20(26)23-14-18-8-4-10-27-18/h3,5-7,9,11-12,18H,2,4,8,10,13-15H2,1H3,(H,23,26)(H2,22,24,25). The number of rotatable bonds is 8. The zero-order valence-corrected chi connectivity index (χ0v) is 16.2. The molecule has 1 saturated heterocycles. The minimum atomic E-state index is -0.0795. The van der Waals surface area contributed by atoms with Gasteiger partial charge >= 0.3 is 0 Å². The molecule has 3 N–H and O–H groups in total. The second-order valence-electron chi connectivity index (χ2n) is 6.67. The van der Waals surface area contributed by atoms with Gasteiger partial charge in [-0.1, -0.05) is 12.1 Å². The van der Waals surface area contributed by atoms with E-state index >= 15 is 0 Å². The van der Waals surface area contributed by atoms with Crippen LogP contribution in [0.2, 0.25) is 0 Å². The molecule has 0 aliphatic carbocycles. The van der Waals surface area contributed by atoms with Crippen LogP contribution in [-0.2, 0) is 17.8 Å². The number of benzene rings is 1. The highest BCUT2D eigenvalue weighted by Gasteiger charge is 2.16. The Labute approximate surface area is 165 Å². The Balaban J connectivity index is 1.55. The summed E-state index contributed by atoms with van der Waals surface area (Å²) >= 11 is 0. The molecule has 1 unspecified atom stereocenters. The van der Waals surface area contributed by atoms with Crippen LogP contribution < -0.4 is 16.0 Å². The molecule has 1 aliphatic rings. The molecule has 0 bridgehead atoms. The van der Waals surface area contributed by atoms with Gasteiger partial charge in [-0.05, 0) is 49.6 Å². The Kier molecular flexibility index (Phi) is 7.49. The van der Waals surface area contributed by atoms with Crippen molar-refractivity contribution in [3.05, 3.63) is 59.5 Å². The van der Waals surface area contributed by atoms with Crippen molar-refractivity contribution in [3.63, 3.8) is 0 Å². The molecule has 3 rings (SSSR count). The van der Waals surface area contributed by atoms with Crippen LogP contribution in [0.4, 0.5) is 0 Å². The maximum Gasteiger partial charge on any atom is 0.251 e. The molecular weight excluding hydrogens is 356 g/mol. The fraction of sp³-hybridized carbons (Fsp3) is 0.429. The minimum Gasteiger partial charge on any atom is -0.467 e. The fourth-order valence-electron chi connectivity index (χ4n) is 3.02. The number of aliphatic imine (C=N–C) groups is 1. The highest BCUT2D eigenvalue weighted by molar-refractivity contribution is 5.94. The molecule has 0 saturated carbocycles. The van der Waals surface area contributed by atoms with Crippen molar-refractivity contribution >= 4 is 11.9 Å². The van der Waals surface area contributed by atoms with Crippen molar-refractivity contribution in [1.29, 1.82) is 0 Å². The number of furan rings is 1. The first-order valence-corrected chi connectivity index (χ1v) is 9.78. The molecule has 2 heterocycles. The lowest BCUT2D eigenvalue weighted by Crippen LogP contribution is -2.36. The molecule has 1 fully saturated rings. The third-order valence-corrected chi connectivity index (χ3v) is 4.48. The quantitative estimate of drug-likeness (QED) is 0.481. The van der Waals surface area contributed by atoms with E-state index in [0.29, 0.717) is 31.2 Å². The predicted octanol–water partition coefficient (Wildman–Crippen LogP) is 2.44. The molecule has 1 amide bonds. The van der Waals surface area contributed by atoms with Gasteiger partial charge in [-0.3, -0.25) is 4.79 Å². The van der Waals surface area contributed by atoms with Crippen molar-refractivity contribution in [2.24, 2.45) is 4.99 Å². The Hall–Kier alpha value is -2.80. The van der Waals surface area contributed by atoms with Gasteiger partial charge in [0, 0.05) is 25.3 Å². The average Bonchev–Trinajstić information content (AvgIpc) is 3.42. The monoisotopic (exact) mass is 384 g/mol. The summed E-state index contributed by atoms with van der Waals surface area (Å²) in [6, 6.07) is 11.3. The van der Waals surface area contributed by atoms with E-state index < -0.39 is 0 Å². The van der Waals surface area contributed by atoms with Gasteiger partial charge in [0.05, 0.1) is 25.5 Å². The van der Waals surface area contributed by atoms with E-state index in [1.165, 1.54) is 0 Å². The molecule has 2 aromatic rings. The van der Waals surface area contributed by atoms with Gasteiger partial charge in [0.1, 0.15) is 5.76 Å². The van der Waals surface area contributed by atoms with Crippen molar-refractivity contribution in [2.45, 2.75) is 39.0 Å². The number of ether oxygens (including phenoxy) is 1. The predicted molar refractivity (Wildman–Crippen MR) is 108 cm³/mol. The Morgan fingerprint density at radius 1 is 1.21 bits per heavy atom. The van der Waals surface area contributed by atoms with Crippen molar-refractivity contribution in [1.82, 2.24) is 16.0 Å². The third kappa shape index (κ3) is 6.13. The van der Waals surface area contributed by atoms with Gasteiger partial charge in [-0.15, -0.1) is 0 Å². The molecule has 7 heteroatoms. The molecule has 28 heavy (non-hydrogen) atoms. The molecule has 1 aliphatic heterocycles.